The first-order valence-electron chi connectivity index (χ1n) is 8.30. The van der Waals surface area contributed by atoms with E-state index < -0.39 is 6.10 Å². The summed E-state index contributed by atoms with van der Waals surface area (Å²) < 4.78 is 10.8. The molecule has 5 heteroatoms. The van der Waals surface area contributed by atoms with Gasteiger partial charge in [-0.05, 0) is 29.8 Å². The topological polar surface area (TPSA) is 66.8 Å². The number of hydrogen-bond donors (Lipinski definition) is 1. The number of carbonyl (C=O) groups is 1. The van der Waals surface area contributed by atoms with Crippen LogP contribution < -0.4 is 0 Å². The molecule has 0 aliphatic rings. The van der Waals surface area contributed by atoms with E-state index in [0.717, 1.165) is 17.7 Å². The number of aliphatic hydroxyl groups is 1. The van der Waals surface area contributed by atoms with Crippen LogP contribution in [0.5, 0.6) is 0 Å². The second-order valence-corrected chi connectivity index (χ2v) is 5.82. The Morgan fingerprint density at radius 2 is 1.92 bits per heavy atom. The van der Waals surface area contributed by atoms with E-state index in [9.17, 15) is 9.90 Å². The van der Waals surface area contributed by atoms with E-state index in [2.05, 4.69) is 0 Å². The second kappa shape index (κ2) is 7.85. The van der Waals surface area contributed by atoms with Gasteiger partial charge >= 0.3 is 0 Å². The molecule has 0 saturated carbocycles. The van der Waals surface area contributed by atoms with Crippen molar-refractivity contribution < 1.29 is 18.7 Å². The first kappa shape index (κ1) is 17.0. The number of aliphatic hydroxyl groups excluding tert-OH is 1. The van der Waals surface area contributed by atoms with Gasteiger partial charge in [0.2, 0.25) is 0 Å². The average molecular weight is 339 g/mol. The summed E-state index contributed by atoms with van der Waals surface area (Å²) in [5.74, 6) is 1.21. The van der Waals surface area contributed by atoms with E-state index in [-0.39, 0.29) is 18.2 Å². The monoisotopic (exact) mass is 339 g/mol. The standard InChI is InChI=1S/C20H21NO4/c1-2-16-10-11-19(25-16)20(23)21(13-15-7-4-3-5-8-15)14-17(22)18-9-6-12-24-18/h3-12,17,22H,2,13-14H2,1H3. The van der Waals surface area contributed by atoms with Crippen LogP contribution in [-0.4, -0.2) is 22.5 Å². The molecule has 2 aromatic heterocycles. The molecular formula is C20H21NO4. The molecule has 0 radical (unpaired) electrons. The molecule has 1 N–H and O–H groups in total. The maximum atomic E-state index is 12.9. The van der Waals surface area contributed by atoms with E-state index in [1.54, 1.807) is 29.2 Å². The van der Waals surface area contributed by atoms with Gasteiger partial charge in [-0.1, -0.05) is 37.3 Å². The molecule has 5 nitrogen and oxygen atoms in total. The number of carbonyl (C=O) groups excluding carboxylic acids is 1. The molecule has 25 heavy (non-hydrogen) atoms. The zero-order valence-corrected chi connectivity index (χ0v) is 14.1. The smallest absolute Gasteiger partial charge is 0.289 e. The molecule has 2 heterocycles. The molecule has 1 aromatic carbocycles. The molecule has 0 aliphatic heterocycles. The van der Waals surface area contributed by atoms with Crippen LogP contribution >= 0.6 is 0 Å². The van der Waals surface area contributed by atoms with Crippen molar-refractivity contribution in [1.82, 2.24) is 4.90 Å². The molecule has 0 bridgehead atoms. The quantitative estimate of drug-likeness (QED) is 0.711. The van der Waals surface area contributed by atoms with Crippen LogP contribution in [0.4, 0.5) is 0 Å². The molecule has 3 aromatic rings. The summed E-state index contributed by atoms with van der Waals surface area (Å²) in [6.07, 6.45) is 1.33. The Morgan fingerprint density at radius 3 is 2.56 bits per heavy atom. The molecule has 1 amide bonds. The van der Waals surface area contributed by atoms with Crippen molar-refractivity contribution in [2.24, 2.45) is 0 Å². The van der Waals surface area contributed by atoms with Gasteiger partial charge in [0.1, 0.15) is 17.6 Å². The van der Waals surface area contributed by atoms with Crippen molar-refractivity contribution >= 4 is 5.91 Å². The van der Waals surface area contributed by atoms with Crippen LogP contribution in [0.25, 0.3) is 0 Å². The number of amides is 1. The predicted octanol–water partition coefficient (Wildman–Crippen LogP) is 3.81. The third-order valence-corrected chi connectivity index (χ3v) is 3.99. The summed E-state index contributed by atoms with van der Waals surface area (Å²) in [4.78, 5) is 14.4. The van der Waals surface area contributed by atoms with Gasteiger partial charge in [-0.15, -0.1) is 0 Å². The molecular weight excluding hydrogens is 318 g/mol. The van der Waals surface area contributed by atoms with Gasteiger partial charge in [-0.2, -0.15) is 0 Å². The van der Waals surface area contributed by atoms with E-state index in [0.29, 0.717) is 12.3 Å². The number of benzene rings is 1. The SMILES string of the molecule is CCc1ccc(C(=O)N(Cc2ccccc2)CC(O)c2ccco2)o1. The van der Waals surface area contributed by atoms with Crippen LogP contribution in [0, 0.1) is 0 Å². The van der Waals surface area contributed by atoms with Crippen molar-refractivity contribution in [3.8, 4) is 0 Å². The largest absolute Gasteiger partial charge is 0.467 e. The molecule has 0 saturated heterocycles. The van der Waals surface area contributed by atoms with Crippen LogP contribution in [0.1, 0.15) is 40.7 Å². The summed E-state index contributed by atoms with van der Waals surface area (Å²) in [5, 5.41) is 10.4. The first-order valence-corrected chi connectivity index (χ1v) is 8.30. The van der Waals surface area contributed by atoms with Gasteiger partial charge in [0.25, 0.3) is 5.91 Å². The lowest BCUT2D eigenvalue weighted by atomic mass is 10.2. The van der Waals surface area contributed by atoms with E-state index in [1.165, 1.54) is 6.26 Å². The number of aryl methyl sites for hydroxylation is 1. The highest BCUT2D eigenvalue weighted by atomic mass is 16.4. The Kier molecular flexibility index (Phi) is 5.36. The summed E-state index contributed by atoms with van der Waals surface area (Å²) in [7, 11) is 0. The summed E-state index contributed by atoms with van der Waals surface area (Å²) in [6.45, 7) is 2.46. The lowest BCUT2D eigenvalue weighted by Crippen LogP contribution is -2.34. The molecule has 0 aliphatic carbocycles. The van der Waals surface area contributed by atoms with Gasteiger partial charge in [0, 0.05) is 13.0 Å². The fourth-order valence-electron chi connectivity index (χ4n) is 2.64. The highest BCUT2D eigenvalue weighted by Gasteiger charge is 2.24. The zero-order chi connectivity index (χ0) is 17.6. The van der Waals surface area contributed by atoms with Crippen molar-refractivity contribution in [2.75, 3.05) is 6.54 Å². The number of furan rings is 2. The third-order valence-electron chi connectivity index (χ3n) is 3.99. The van der Waals surface area contributed by atoms with E-state index in [4.69, 9.17) is 8.83 Å². The molecule has 1 atom stereocenters. The third kappa shape index (κ3) is 4.19. The lowest BCUT2D eigenvalue weighted by Gasteiger charge is -2.24. The van der Waals surface area contributed by atoms with Gasteiger partial charge < -0.3 is 18.8 Å². The predicted molar refractivity (Wildman–Crippen MR) is 92.9 cm³/mol. The minimum atomic E-state index is -0.900. The normalized spacial score (nSPS) is 12.1. The molecule has 0 spiro atoms. The molecule has 0 fully saturated rings. The fraction of sp³-hybridized carbons (Fsp3) is 0.250. The maximum Gasteiger partial charge on any atom is 0.289 e. The Bertz CT molecular complexity index is 792. The maximum absolute atomic E-state index is 12.9. The minimum absolute atomic E-state index is 0.114. The van der Waals surface area contributed by atoms with Crippen molar-refractivity contribution in [3.63, 3.8) is 0 Å². The van der Waals surface area contributed by atoms with Gasteiger partial charge in [0.15, 0.2) is 5.76 Å². The van der Waals surface area contributed by atoms with E-state index >= 15 is 0 Å². The zero-order valence-electron chi connectivity index (χ0n) is 14.1. The number of hydrogen-bond acceptors (Lipinski definition) is 4. The Hall–Kier alpha value is -2.79. The highest BCUT2D eigenvalue weighted by Crippen LogP contribution is 2.19. The van der Waals surface area contributed by atoms with E-state index in [1.807, 2.05) is 37.3 Å². The summed E-state index contributed by atoms with van der Waals surface area (Å²) in [6, 6.07) is 16.5. The van der Waals surface area contributed by atoms with Gasteiger partial charge in [0.05, 0.1) is 12.8 Å². The Labute approximate surface area is 146 Å². The van der Waals surface area contributed by atoms with Gasteiger partial charge in [-0.25, -0.2) is 0 Å². The minimum Gasteiger partial charge on any atom is -0.467 e. The van der Waals surface area contributed by atoms with Crippen LogP contribution in [0.2, 0.25) is 0 Å². The molecule has 1 unspecified atom stereocenters. The van der Waals surface area contributed by atoms with Crippen molar-refractivity contribution in [1.29, 1.82) is 0 Å². The lowest BCUT2D eigenvalue weighted by molar-refractivity contribution is 0.0534. The van der Waals surface area contributed by atoms with Crippen molar-refractivity contribution in [2.45, 2.75) is 26.0 Å². The molecule has 130 valence electrons. The Balaban J connectivity index is 1.81. The average Bonchev–Trinajstić information content (AvgIpc) is 3.33. The van der Waals surface area contributed by atoms with Crippen LogP contribution in [-0.2, 0) is 13.0 Å². The number of rotatable bonds is 7. The molecule has 3 rings (SSSR count). The van der Waals surface area contributed by atoms with Crippen LogP contribution in [0.3, 0.4) is 0 Å². The summed E-state index contributed by atoms with van der Waals surface area (Å²) in [5.41, 5.74) is 0.977. The summed E-state index contributed by atoms with van der Waals surface area (Å²) >= 11 is 0. The first-order chi connectivity index (χ1) is 12.2. The van der Waals surface area contributed by atoms with Crippen LogP contribution in [0.15, 0.2) is 69.7 Å². The van der Waals surface area contributed by atoms with Crippen molar-refractivity contribution in [3.05, 3.63) is 83.7 Å². The fourth-order valence-corrected chi connectivity index (χ4v) is 2.64. The second-order valence-electron chi connectivity index (χ2n) is 5.82. The number of nitrogens with zero attached hydrogens (tertiary/aromatic N) is 1. The van der Waals surface area contributed by atoms with Gasteiger partial charge in [-0.3, -0.25) is 4.79 Å². The highest BCUT2D eigenvalue weighted by molar-refractivity contribution is 5.91. The Morgan fingerprint density at radius 1 is 1.12 bits per heavy atom.